The normalized spacial score (nSPS) is 10.6. The number of ether oxygens (including phenoxy) is 2. The van der Waals surface area contributed by atoms with Gasteiger partial charge in [-0.2, -0.15) is 10.2 Å². The molecule has 28 heavy (non-hydrogen) atoms. The molecule has 0 saturated heterocycles. The third kappa shape index (κ3) is 5.16. The lowest BCUT2D eigenvalue weighted by Crippen LogP contribution is -2.26. The van der Waals surface area contributed by atoms with Crippen LogP contribution in [0.2, 0.25) is 0 Å². The number of thioether (sulfide) groups is 1. The molecule has 148 valence electrons. The Labute approximate surface area is 160 Å². The Morgan fingerprint density at radius 1 is 1.39 bits per heavy atom. The highest BCUT2D eigenvalue weighted by Gasteiger charge is 2.21. The van der Waals surface area contributed by atoms with Crippen molar-refractivity contribution in [2.45, 2.75) is 5.03 Å². The summed E-state index contributed by atoms with van der Waals surface area (Å²) in [6.45, 7) is 0. The van der Waals surface area contributed by atoms with Gasteiger partial charge in [0.15, 0.2) is 10.8 Å². The third-order valence-electron chi connectivity index (χ3n) is 3.10. The van der Waals surface area contributed by atoms with Gasteiger partial charge in [-0.1, -0.05) is 11.8 Å². The average Bonchev–Trinajstić information content (AvgIpc) is 2.66. The van der Waals surface area contributed by atoms with Crippen LogP contribution in [-0.2, 0) is 4.79 Å². The molecular weight excluding hydrogens is 396 g/mol. The molecule has 1 heterocycles. The quantitative estimate of drug-likeness (QED) is 0.226. The fourth-order valence-electron chi connectivity index (χ4n) is 1.95. The van der Waals surface area contributed by atoms with Crippen LogP contribution in [0.4, 0.5) is 5.69 Å². The first-order valence-corrected chi connectivity index (χ1v) is 8.38. The number of nitrogens with zero attached hydrogens (tertiary/aromatic N) is 3. The molecule has 1 amide bonds. The Hall–Kier alpha value is -3.68. The van der Waals surface area contributed by atoms with Crippen LogP contribution in [0, 0.1) is 10.1 Å². The Balaban J connectivity index is 2.04. The van der Waals surface area contributed by atoms with Gasteiger partial charge >= 0.3 is 11.4 Å². The molecule has 1 aromatic carbocycles. The number of hydrogen-bond acceptors (Lipinski definition) is 10. The van der Waals surface area contributed by atoms with Gasteiger partial charge in [0.25, 0.3) is 5.56 Å². The molecule has 1 aromatic heterocycles. The highest BCUT2D eigenvalue weighted by atomic mass is 32.2. The van der Waals surface area contributed by atoms with E-state index in [0.29, 0.717) is 0 Å². The number of H-pyrrole nitrogens is 2. The summed E-state index contributed by atoms with van der Waals surface area (Å²) in [5.41, 5.74) is 0.689. The van der Waals surface area contributed by atoms with E-state index in [1.54, 1.807) is 0 Å². The second-order valence-electron chi connectivity index (χ2n) is 4.93. The number of aromatic nitrogens is 3. The standard InChI is InChI=1S/C14H14N6O7S/c1-26-9-4-7(3-8(20(24)25)11(9)27-2)5-15-17-10(21)6-28-13-12(22)16-14(23)19-18-13/h3-5H,6H2,1-2H3,(H,17,21)(H2,16,19,22,23)/b15-5+. The predicted molar refractivity (Wildman–Crippen MR) is 98.1 cm³/mol. The van der Waals surface area contributed by atoms with E-state index in [0.717, 1.165) is 11.8 Å². The molecule has 0 aliphatic rings. The minimum absolute atomic E-state index is 0.0382. The van der Waals surface area contributed by atoms with Crippen molar-refractivity contribution in [3.63, 3.8) is 0 Å². The lowest BCUT2D eigenvalue weighted by atomic mass is 10.2. The van der Waals surface area contributed by atoms with E-state index in [9.17, 15) is 24.5 Å². The first-order chi connectivity index (χ1) is 13.3. The Morgan fingerprint density at radius 3 is 2.75 bits per heavy atom. The third-order valence-corrected chi connectivity index (χ3v) is 4.06. The van der Waals surface area contributed by atoms with Crippen LogP contribution < -0.4 is 26.1 Å². The maximum atomic E-state index is 11.8. The van der Waals surface area contributed by atoms with Crippen molar-refractivity contribution in [2.75, 3.05) is 20.0 Å². The number of carbonyl (C=O) groups is 1. The molecule has 0 bridgehead atoms. The summed E-state index contributed by atoms with van der Waals surface area (Å²) in [5.74, 6) is -0.679. The number of nitro benzene ring substituents is 1. The first kappa shape index (κ1) is 20.6. The molecule has 3 N–H and O–H groups in total. The lowest BCUT2D eigenvalue weighted by molar-refractivity contribution is -0.385. The molecule has 2 rings (SSSR count). The van der Waals surface area contributed by atoms with Gasteiger partial charge in [-0.3, -0.25) is 24.7 Å². The second-order valence-corrected chi connectivity index (χ2v) is 5.89. The highest BCUT2D eigenvalue weighted by Crippen LogP contribution is 2.37. The van der Waals surface area contributed by atoms with E-state index in [1.807, 2.05) is 10.1 Å². The van der Waals surface area contributed by atoms with E-state index in [2.05, 4.69) is 15.6 Å². The van der Waals surface area contributed by atoms with Crippen LogP contribution in [-0.4, -0.2) is 52.2 Å². The smallest absolute Gasteiger partial charge is 0.342 e. The van der Waals surface area contributed by atoms with Gasteiger partial charge in [-0.05, 0) is 6.07 Å². The van der Waals surface area contributed by atoms with Gasteiger partial charge in [0.05, 0.1) is 31.1 Å². The number of methoxy groups -OCH3 is 2. The molecule has 0 saturated carbocycles. The number of aromatic amines is 2. The number of benzene rings is 1. The van der Waals surface area contributed by atoms with Gasteiger partial charge in [0.2, 0.25) is 11.7 Å². The van der Waals surface area contributed by atoms with Crippen molar-refractivity contribution in [1.82, 2.24) is 20.6 Å². The maximum Gasteiger partial charge on any atom is 0.342 e. The molecule has 0 radical (unpaired) electrons. The fourth-order valence-corrected chi connectivity index (χ4v) is 2.58. The van der Waals surface area contributed by atoms with E-state index in [-0.39, 0.29) is 33.5 Å². The van der Waals surface area contributed by atoms with Gasteiger partial charge < -0.3 is 9.47 Å². The molecule has 0 aliphatic carbocycles. The summed E-state index contributed by atoms with van der Waals surface area (Å²) in [4.78, 5) is 46.6. The number of hydrazone groups is 1. The maximum absolute atomic E-state index is 11.8. The average molecular weight is 410 g/mol. The molecule has 0 unspecified atom stereocenters. The van der Waals surface area contributed by atoms with E-state index < -0.39 is 22.1 Å². The van der Waals surface area contributed by atoms with Crippen molar-refractivity contribution in [2.24, 2.45) is 5.10 Å². The minimum atomic E-state index is -0.757. The minimum Gasteiger partial charge on any atom is -0.493 e. The molecule has 13 nitrogen and oxygen atoms in total. The number of rotatable bonds is 8. The summed E-state index contributed by atoms with van der Waals surface area (Å²) in [6.07, 6.45) is 1.18. The molecule has 0 atom stereocenters. The molecule has 0 aliphatic heterocycles. The number of hydrogen-bond donors (Lipinski definition) is 3. The SMILES string of the molecule is COc1cc(/C=N/NC(=O)CSc2n[nH]c(=O)[nH]c2=O)cc([N+](=O)[O-])c1OC. The molecule has 14 heteroatoms. The van der Waals surface area contributed by atoms with Crippen LogP contribution in [0.1, 0.15) is 5.56 Å². The van der Waals surface area contributed by atoms with Gasteiger partial charge in [0, 0.05) is 11.6 Å². The molecule has 0 fully saturated rings. The van der Waals surface area contributed by atoms with Crippen LogP contribution in [0.25, 0.3) is 0 Å². The van der Waals surface area contributed by atoms with Crippen molar-refractivity contribution in [1.29, 1.82) is 0 Å². The Morgan fingerprint density at radius 2 is 2.14 bits per heavy atom. The summed E-state index contributed by atoms with van der Waals surface area (Å²) in [5, 5.41) is 20.3. The first-order valence-electron chi connectivity index (χ1n) is 7.39. The monoisotopic (exact) mass is 410 g/mol. The number of amides is 1. The van der Waals surface area contributed by atoms with E-state index in [4.69, 9.17) is 9.47 Å². The van der Waals surface area contributed by atoms with E-state index >= 15 is 0 Å². The van der Waals surface area contributed by atoms with Crippen molar-refractivity contribution < 1.29 is 19.2 Å². The molecule has 2 aromatic rings. The largest absolute Gasteiger partial charge is 0.493 e. The Bertz CT molecular complexity index is 1030. The van der Waals surface area contributed by atoms with Crippen LogP contribution in [0.3, 0.4) is 0 Å². The predicted octanol–water partition coefficient (Wildman–Crippen LogP) is -0.374. The number of carbonyl (C=O) groups excluding carboxylic acids is 1. The zero-order chi connectivity index (χ0) is 20.7. The van der Waals surface area contributed by atoms with Crippen LogP contribution >= 0.6 is 11.8 Å². The zero-order valence-electron chi connectivity index (χ0n) is 14.5. The van der Waals surface area contributed by atoms with Crippen molar-refractivity contribution >= 4 is 29.6 Å². The molecule has 0 spiro atoms. The molecular formula is C14H14N6O7S. The summed E-state index contributed by atoms with van der Waals surface area (Å²) < 4.78 is 10.0. The van der Waals surface area contributed by atoms with Gasteiger partial charge in [-0.15, -0.1) is 0 Å². The van der Waals surface area contributed by atoms with Crippen molar-refractivity contribution in [3.8, 4) is 11.5 Å². The fraction of sp³-hybridized carbons (Fsp3) is 0.214. The highest BCUT2D eigenvalue weighted by molar-refractivity contribution is 7.99. The van der Waals surface area contributed by atoms with Gasteiger partial charge in [-0.25, -0.2) is 15.3 Å². The summed E-state index contributed by atoms with van der Waals surface area (Å²) in [7, 11) is 2.60. The number of nitro groups is 1. The van der Waals surface area contributed by atoms with Crippen LogP contribution in [0.5, 0.6) is 11.5 Å². The topological polar surface area (TPSA) is 182 Å². The summed E-state index contributed by atoms with van der Waals surface area (Å²) >= 11 is 0.791. The van der Waals surface area contributed by atoms with Crippen LogP contribution in [0.15, 0.2) is 31.8 Å². The lowest BCUT2D eigenvalue weighted by Gasteiger charge is -2.08. The number of nitrogens with one attached hydrogen (secondary N) is 3. The summed E-state index contributed by atoms with van der Waals surface area (Å²) in [6, 6.07) is 2.65. The zero-order valence-corrected chi connectivity index (χ0v) is 15.4. The van der Waals surface area contributed by atoms with Gasteiger partial charge in [0.1, 0.15) is 0 Å². The van der Waals surface area contributed by atoms with E-state index in [1.165, 1.54) is 32.6 Å². The van der Waals surface area contributed by atoms with Crippen molar-refractivity contribution in [3.05, 3.63) is 48.6 Å². The Kier molecular flexibility index (Phi) is 6.86. The second kappa shape index (κ2) is 9.31.